The maximum absolute atomic E-state index is 12.9. The number of rotatable bonds is 6. The first-order valence-electron chi connectivity index (χ1n) is 11.2. The van der Waals surface area contributed by atoms with Crippen LogP contribution in [0.25, 0.3) is 17.0 Å². The van der Waals surface area contributed by atoms with E-state index >= 15 is 0 Å². The molecule has 1 aliphatic heterocycles. The van der Waals surface area contributed by atoms with E-state index in [2.05, 4.69) is 5.32 Å². The zero-order valence-corrected chi connectivity index (χ0v) is 19.0. The topological polar surface area (TPSA) is 82.6 Å². The predicted octanol–water partition coefficient (Wildman–Crippen LogP) is 3.25. The molecule has 1 aliphatic carbocycles. The van der Waals surface area contributed by atoms with Crippen molar-refractivity contribution in [3.05, 3.63) is 77.2 Å². The van der Waals surface area contributed by atoms with Crippen LogP contribution in [0.3, 0.4) is 0 Å². The summed E-state index contributed by atoms with van der Waals surface area (Å²) in [6.07, 6.45) is 3.67. The van der Waals surface area contributed by atoms with Crippen molar-refractivity contribution in [2.75, 3.05) is 31.1 Å². The monoisotopic (exact) mass is 462 g/mol. The SMILES string of the molecule is O=C(NC1CC1)c1cc(N2CCN(S(=O)(=O)/C=C/c3ccccc3)CC2)nc2ccccc12. The van der Waals surface area contributed by atoms with Gasteiger partial charge in [-0.3, -0.25) is 4.79 Å². The summed E-state index contributed by atoms with van der Waals surface area (Å²) in [5.74, 6) is 0.621. The standard InChI is InChI=1S/C25H26N4O3S/c30-25(26-20-10-11-20)22-18-24(27-23-9-5-4-8-21(22)23)28-13-15-29(16-14-28)33(31,32)17-12-19-6-2-1-3-7-19/h1-9,12,17-18,20H,10-11,13-16H2,(H,26,30)/b17-12+. The summed E-state index contributed by atoms with van der Waals surface area (Å²) >= 11 is 0. The lowest BCUT2D eigenvalue weighted by atomic mass is 10.1. The third-order valence-corrected chi connectivity index (χ3v) is 7.58. The van der Waals surface area contributed by atoms with Gasteiger partial charge in [0.25, 0.3) is 5.91 Å². The van der Waals surface area contributed by atoms with Crippen molar-refractivity contribution < 1.29 is 13.2 Å². The number of amides is 1. The highest BCUT2D eigenvalue weighted by molar-refractivity contribution is 7.92. The Hall–Kier alpha value is -3.23. The highest BCUT2D eigenvalue weighted by Gasteiger charge is 2.28. The van der Waals surface area contributed by atoms with Gasteiger partial charge in [-0.05, 0) is 36.6 Å². The van der Waals surface area contributed by atoms with E-state index in [1.165, 1.54) is 9.71 Å². The van der Waals surface area contributed by atoms with Crippen LogP contribution >= 0.6 is 0 Å². The average molecular weight is 463 g/mol. The lowest BCUT2D eigenvalue weighted by molar-refractivity contribution is 0.0952. The smallest absolute Gasteiger partial charge is 0.252 e. The summed E-state index contributed by atoms with van der Waals surface area (Å²) in [7, 11) is -3.51. The van der Waals surface area contributed by atoms with E-state index in [9.17, 15) is 13.2 Å². The fourth-order valence-electron chi connectivity index (χ4n) is 3.99. The van der Waals surface area contributed by atoms with Gasteiger partial charge in [-0.1, -0.05) is 48.5 Å². The number of nitrogens with zero attached hydrogens (tertiary/aromatic N) is 3. The number of fused-ring (bicyclic) bond motifs is 1. The zero-order chi connectivity index (χ0) is 22.8. The Labute approximate surface area is 193 Å². The summed E-state index contributed by atoms with van der Waals surface area (Å²) in [6.45, 7) is 1.74. The molecule has 170 valence electrons. The van der Waals surface area contributed by atoms with Crippen molar-refractivity contribution in [2.45, 2.75) is 18.9 Å². The Morgan fingerprint density at radius 2 is 1.67 bits per heavy atom. The predicted molar refractivity (Wildman–Crippen MR) is 130 cm³/mol. The Kier molecular flexibility index (Phi) is 5.86. The van der Waals surface area contributed by atoms with Crippen molar-refractivity contribution in [2.24, 2.45) is 0 Å². The Balaban J connectivity index is 1.33. The fraction of sp³-hybridized carbons (Fsp3) is 0.280. The molecule has 2 aromatic carbocycles. The molecule has 7 nitrogen and oxygen atoms in total. The molecule has 2 heterocycles. The van der Waals surface area contributed by atoms with Gasteiger partial charge >= 0.3 is 0 Å². The number of nitrogens with one attached hydrogen (secondary N) is 1. The van der Waals surface area contributed by atoms with Crippen LogP contribution in [0.1, 0.15) is 28.8 Å². The average Bonchev–Trinajstić information content (AvgIpc) is 3.67. The summed E-state index contributed by atoms with van der Waals surface area (Å²) < 4.78 is 27.1. The first kappa shape index (κ1) is 21.6. The first-order chi connectivity index (χ1) is 16.0. The highest BCUT2D eigenvalue weighted by atomic mass is 32.2. The molecule has 8 heteroatoms. The number of hydrogen-bond donors (Lipinski definition) is 1. The minimum atomic E-state index is -3.51. The minimum Gasteiger partial charge on any atom is -0.354 e. The normalized spacial score (nSPS) is 17.5. The second kappa shape index (κ2) is 8.96. The first-order valence-corrected chi connectivity index (χ1v) is 12.7. The van der Waals surface area contributed by atoms with Crippen LogP contribution in [0.15, 0.2) is 66.1 Å². The van der Waals surface area contributed by atoms with Crippen LogP contribution in [0.2, 0.25) is 0 Å². The molecule has 1 amide bonds. The van der Waals surface area contributed by atoms with E-state index in [0.717, 1.165) is 29.3 Å². The Morgan fingerprint density at radius 3 is 2.39 bits per heavy atom. The third-order valence-electron chi connectivity index (χ3n) is 6.01. The van der Waals surface area contributed by atoms with Gasteiger partial charge in [-0.15, -0.1) is 0 Å². The number of anilines is 1. The van der Waals surface area contributed by atoms with Gasteiger partial charge in [-0.25, -0.2) is 13.4 Å². The molecule has 1 saturated heterocycles. The largest absolute Gasteiger partial charge is 0.354 e. The molecule has 2 aliphatic rings. The van der Waals surface area contributed by atoms with Gasteiger partial charge in [0, 0.05) is 43.0 Å². The van der Waals surface area contributed by atoms with E-state index in [1.54, 1.807) is 6.08 Å². The summed E-state index contributed by atoms with van der Waals surface area (Å²) in [5, 5.41) is 5.16. The van der Waals surface area contributed by atoms with Crippen LogP contribution in [0, 0.1) is 0 Å². The van der Waals surface area contributed by atoms with Crippen LogP contribution in [0.5, 0.6) is 0 Å². The number of carbonyl (C=O) groups excluding carboxylic acids is 1. The van der Waals surface area contributed by atoms with E-state index in [-0.39, 0.29) is 11.9 Å². The lowest BCUT2D eigenvalue weighted by Crippen LogP contribution is -2.48. The number of pyridine rings is 1. The highest BCUT2D eigenvalue weighted by Crippen LogP contribution is 2.26. The van der Waals surface area contributed by atoms with Crippen molar-refractivity contribution in [3.8, 4) is 0 Å². The summed E-state index contributed by atoms with van der Waals surface area (Å²) in [5.41, 5.74) is 2.22. The molecular weight excluding hydrogens is 436 g/mol. The quantitative estimate of drug-likeness (QED) is 0.608. The molecule has 0 unspecified atom stereocenters. The lowest BCUT2D eigenvalue weighted by Gasteiger charge is -2.34. The van der Waals surface area contributed by atoms with E-state index in [4.69, 9.17) is 4.98 Å². The number of carbonyl (C=O) groups is 1. The number of hydrogen-bond acceptors (Lipinski definition) is 5. The molecule has 1 saturated carbocycles. The van der Waals surface area contributed by atoms with Crippen molar-refractivity contribution in [3.63, 3.8) is 0 Å². The van der Waals surface area contributed by atoms with Gasteiger partial charge in [0.1, 0.15) is 5.82 Å². The summed E-state index contributed by atoms with van der Waals surface area (Å²) in [4.78, 5) is 19.7. The maximum Gasteiger partial charge on any atom is 0.252 e. The van der Waals surface area contributed by atoms with Crippen LogP contribution < -0.4 is 10.2 Å². The molecular formula is C25H26N4O3S. The number of sulfonamides is 1. The van der Waals surface area contributed by atoms with Crippen LogP contribution in [0.4, 0.5) is 5.82 Å². The number of aromatic nitrogens is 1. The van der Waals surface area contributed by atoms with E-state index in [0.29, 0.717) is 37.6 Å². The second-order valence-corrected chi connectivity index (χ2v) is 10.3. The van der Waals surface area contributed by atoms with Crippen molar-refractivity contribution in [1.29, 1.82) is 0 Å². The van der Waals surface area contributed by atoms with Gasteiger partial charge < -0.3 is 10.2 Å². The van der Waals surface area contributed by atoms with Crippen LogP contribution in [-0.2, 0) is 10.0 Å². The van der Waals surface area contributed by atoms with E-state index < -0.39 is 10.0 Å². The number of piperazine rings is 1. The Morgan fingerprint density at radius 1 is 0.970 bits per heavy atom. The molecule has 0 spiro atoms. The third kappa shape index (κ3) is 4.91. The van der Waals surface area contributed by atoms with Gasteiger partial charge in [-0.2, -0.15) is 4.31 Å². The fourth-order valence-corrected chi connectivity index (χ4v) is 5.16. The van der Waals surface area contributed by atoms with Crippen LogP contribution in [-0.4, -0.2) is 55.8 Å². The molecule has 0 bridgehead atoms. The molecule has 3 aromatic rings. The summed E-state index contributed by atoms with van der Waals surface area (Å²) in [6, 6.07) is 19.1. The van der Waals surface area contributed by atoms with Crippen molar-refractivity contribution >= 4 is 38.7 Å². The molecule has 2 fully saturated rings. The molecule has 0 atom stereocenters. The molecule has 1 aromatic heterocycles. The second-order valence-electron chi connectivity index (χ2n) is 8.44. The van der Waals surface area contributed by atoms with Gasteiger partial charge in [0.05, 0.1) is 11.1 Å². The van der Waals surface area contributed by atoms with Crippen molar-refractivity contribution in [1.82, 2.24) is 14.6 Å². The van der Waals surface area contributed by atoms with Gasteiger partial charge in [0.2, 0.25) is 10.0 Å². The zero-order valence-electron chi connectivity index (χ0n) is 18.2. The molecule has 5 rings (SSSR count). The molecule has 33 heavy (non-hydrogen) atoms. The molecule has 1 N–H and O–H groups in total. The number of benzene rings is 2. The van der Waals surface area contributed by atoms with E-state index in [1.807, 2.05) is 65.6 Å². The minimum absolute atomic E-state index is 0.0791. The molecule has 0 radical (unpaired) electrons. The number of para-hydroxylation sites is 1. The van der Waals surface area contributed by atoms with Gasteiger partial charge in [0.15, 0.2) is 0 Å². The Bertz CT molecular complexity index is 1300. The maximum atomic E-state index is 12.9.